The smallest absolute Gasteiger partial charge is 0.142 e. The average Bonchev–Trinajstić information content (AvgIpc) is 2.36. The van der Waals surface area contributed by atoms with Crippen molar-refractivity contribution in [1.82, 2.24) is 0 Å². The lowest BCUT2D eigenvalue weighted by molar-refractivity contribution is 0.219. The van der Waals surface area contributed by atoms with Crippen molar-refractivity contribution < 1.29 is 9.50 Å². The van der Waals surface area contributed by atoms with Crippen LogP contribution in [0.25, 0.3) is 0 Å². The molecule has 0 aliphatic carbocycles. The maximum atomic E-state index is 13.4. The summed E-state index contributed by atoms with van der Waals surface area (Å²) in [6.45, 7) is 1.95. The van der Waals surface area contributed by atoms with Gasteiger partial charge in [0.25, 0.3) is 0 Å². The number of rotatable bonds is 2. The number of aryl methyl sites for hydroxylation is 1. The summed E-state index contributed by atoms with van der Waals surface area (Å²) < 4.78 is 15.1. The molecule has 5 heteroatoms. The Balaban J connectivity index is 2.46. The Morgan fingerprint density at radius 1 is 1.16 bits per heavy atom. The van der Waals surface area contributed by atoms with Crippen molar-refractivity contribution in [1.29, 1.82) is 0 Å². The molecule has 2 aromatic carbocycles. The standard InChI is InChI=1S/C14H10Br2ClFO/c1-7-4-11(16)9(6-10(7)15)14(19)8-2-3-12(17)13(18)5-8/h2-6,14,19H,1H3. The van der Waals surface area contributed by atoms with E-state index in [0.717, 1.165) is 14.5 Å². The first kappa shape index (κ1) is 15.0. The monoisotopic (exact) mass is 406 g/mol. The van der Waals surface area contributed by atoms with Gasteiger partial charge in [0, 0.05) is 14.5 Å². The largest absolute Gasteiger partial charge is 0.384 e. The van der Waals surface area contributed by atoms with Crippen LogP contribution in [0.15, 0.2) is 39.3 Å². The lowest BCUT2D eigenvalue weighted by atomic mass is 10.0. The molecule has 0 aliphatic heterocycles. The molecule has 0 amide bonds. The lowest BCUT2D eigenvalue weighted by Gasteiger charge is -2.15. The van der Waals surface area contributed by atoms with Crippen LogP contribution in [0.3, 0.4) is 0 Å². The highest BCUT2D eigenvalue weighted by Crippen LogP contribution is 2.33. The number of aliphatic hydroxyl groups is 1. The number of hydrogen-bond donors (Lipinski definition) is 1. The predicted molar refractivity (Wildman–Crippen MR) is 82.1 cm³/mol. The zero-order valence-corrected chi connectivity index (χ0v) is 13.9. The van der Waals surface area contributed by atoms with Gasteiger partial charge in [-0.15, -0.1) is 0 Å². The van der Waals surface area contributed by atoms with Crippen LogP contribution >= 0.6 is 43.5 Å². The van der Waals surface area contributed by atoms with Crippen LogP contribution in [-0.4, -0.2) is 5.11 Å². The number of benzene rings is 2. The van der Waals surface area contributed by atoms with Gasteiger partial charge in [0.15, 0.2) is 0 Å². The topological polar surface area (TPSA) is 20.2 Å². The van der Waals surface area contributed by atoms with Gasteiger partial charge in [0.05, 0.1) is 5.02 Å². The number of aliphatic hydroxyl groups excluding tert-OH is 1. The van der Waals surface area contributed by atoms with Crippen LogP contribution in [0.5, 0.6) is 0 Å². The van der Waals surface area contributed by atoms with Crippen molar-refractivity contribution in [3.8, 4) is 0 Å². The third-order valence-corrected chi connectivity index (χ3v) is 4.68. The highest BCUT2D eigenvalue weighted by molar-refractivity contribution is 9.11. The summed E-state index contributed by atoms with van der Waals surface area (Å²) in [6, 6.07) is 8.00. The van der Waals surface area contributed by atoms with Crippen LogP contribution in [-0.2, 0) is 0 Å². The quantitative estimate of drug-likeness (QED) is 0.706. The summed E-state index contributed by atoms with van der Waals surface area (Å²) in [5.74, 6) is -0.541. The second kappa shape index (κ2) is 5.92. The molecule has 0 saturated carbocycles. The zero-order chi connectivity index (χ0) is 14.2. The van der Waals surface area contributed by atoms with Gasteiger partial charge in [0.1, 0.15) is 11.9 Å². The minimum absolute atomic E-state index is 0.0418. The summed E-state index contributed by atoms with van der Waals surface area (Å²) in [7, 11) is 0. The maximum Gasteiger partial charge on any atom is 0.142 e. The molecule has 0 fully saturated rings. The third kappa shape index (κ3) is 3.19. The van der Waals surface area contributed by atoms with Crippen molar-refractivity contribution >= 4 is 43.5 Å². The fourth-order valence-electron chi connectivity index (χ4n) is 1.73. The van der Waals surface area contributed by atoms with Gasteiger partial charge in [-0.1, -0.05) is 49.5 Å². The second-order valence-electron chi connectivity index (χ2n) is 4.20. The van der Waals surface area contributed by atoms with E-state index >= 15 is 0 Å². The van der Waals surface area contributed by atoms with Gasteiger partial charge in [-0.05, 0) is 42.3 Å². The van der Waals surface area contributed by atoms with Gasteiger partial charge >= 0.3 is 0 Å². The molecule has 19 heavy (non-hydrogen) atoms. The fraction of sp³-hybridized carbons (Fsp3) is 0.143. The van der Waals surface area contributed by atoms with E-state index in [1.807, 2.05) is 19.1 Å². The molecule has 0 radical (unpaired) electrons. The predicted octanol–water partition coefficient (Wildman–Crippen LogP) is 5.39. The summed E-state index contributed by atoms with van der Waals surface area (Å²) >= 11 is 12.5. The lowest BCUT2D eigenvalue weighted by Crippen LogP contribution is -2.02. The van der Waals surface area contributed by atoms with Gasteiger partial charge in [0.2, 0.25) is 0 Å². The van der Waals surface area contributed by atoms with E-state index in [-0.39, 0.29) is 5.02 Å². The zero-order valence-electron chi connectivity index (χ0n) is 9.92. The molecule has 0 heterocycles. The summed E-state index contributed by atoms with van der Waals surface area (Å²) in [5, 5.41) is 10.4. The van der Waals surface area contributed by atoms with E-state index in [2.05, 4.69) is 31.9 Å². The Bertz CT molecular complexity index is 631. The molecule has 2 rings (SSSR count). The van der Waals surface area contributed by atoms with E-state index in [0.29, 0.717) is 11.1 Å². The van der Waals surface area contributed by atoms with Crippen molar-refractivity contribution in [2.45, 2.75) is 13.0 Å². The SMILES string of the molecule is Cc1cc(Br)c(C(O)c2ccc(Cl)c(F)c2)cc1Br. The molecular formula is C14H10Br2ClFO. The molecule has 0 aromatic heterocycles. The van der Waals surface area contributed by atoms with E-state index in [9.17, 15) is 9.50 Å². The Labute approximate surface area is 132 Å². The van der Waals surface area contributed by atoms with Crippen molar-refractivity contribution in [2.75, 3.05) is 0 Å². The molecule has 100 valence electrons. The number of hydrogen-bond acceptors (Lipinski definition) is 1. The molecule has 1 N–H and O–H groups in total. The first-order valence-corrected chi connectivity index (χ1v) is 7.45. The van der Waals surface area contributed by atoms with Crippen LogP contribution in [0.4, 0.5) is 4.39 Å². The van der Waals surface area contributed by atoms with Crippen LogP contribution < -0.4 is 0 Å². The summed E-state index contributed by atoms with van der Waals surface area (Å²) in [4.78, 5) is 0. The first-order chi connectivity index (χ1) is 8.90. The van der Waals surface area contributed by atoms with E-state index < -0.39 is 11.9 Å². The van der Waals surface area contributed by atoms with Crippen molar-refractivity contribution in [3.63, 3.8) is 0 Å². The molecule has 0 saturated heterocycles. The highest BCUT2D eigenvalue weighted by atomic mass is 79.9. The van der Waals surface area contributed by atoms with E-state index in [4.69, 9.17) is 11.6 Å². The van der Waals surface area contributed by atoms with Gasteiger partial charge in [-0.2, -0.15) is 0 Å². The van der Waals surface area contributed by atoms with Crippen LogP contribution in [0.1, 0.15) is 22.8 Å². The van der Waals surface area contributed by atoms with Crippen LogP contribution in [0, 0.1) is 12.7 Å². The number of halogens is 4. The summed E-state index contributed by atoms with van der Waals surface area (Å²) in [6.07, 6.45) is -0.918. The van der Waals surface area contributed by atoms with Crippen LogP contribution in [0.2, 0.25) is 5.02 Å². The Morgan fingerprint density at radius 2 is 1.84 bits per heavy atom. The minimum atomic E-state index is -0.918. The molecule has 1 unspecified atom stereocenters. The third-order valence-electron chi connectivity index (χ3n) is 2.83. The normalized spacial score (nSPS) is 12.5. The molecular weight excluding hydrogens is 398 g/mol. The molecule has 2 aromatic rings. The summed E-state index contributed by atoms with van der Waals surface area (Å²) in [5.41, 5.74) is 2.17. The van der Waals surface area contributed by atoms with E-state index in [1.165, 1.54) is 12.1 Å². The average molecular weight is 408 g/mol. The Morgan fingerprint density at radius 3 is 2.47 bits per heavy atom. The maximum absolute atomic E-state index is 13.4. The second-order valence-corrected chi connectivity index (χ2v) is 6.31. The Hall–Kier alpha value is -0.420. The van der Waals surface area contributed by atoms with Gasteiger partial charge in [-0.3, -0.25) is 0 Å². The Kier molecular flexibility index (Phi) is 4.66. The first-order valence-electron chi connectivity index (χ1n) is 5.48. The van der Waals surface area contributed by atoms with Crippen molar-refractivity contribution in [2.24, 2.45) is 0 Å². The van der Waals surface area contributed by atoms with E-state index in [1.54, 1.807) is 6.07 Å². The fourth-order valence-corrected chi connectivity index (χ4v) is 2.89. The van der Waals surface area contributed by atoms with Gasteiger partial charge < -0.3 is 5.11 Å². The molecule has 1 nitrogen and oxygen atoms in total. The molecule has 0 spiro atoms. The molecule has 0 bridgehead atoms. The van der Waals surface area contributed by atoms with Gasteiger partial charge in [-0.25, -0.2) is 4.39 Å². The molecule has 0 aliphatic rings. The highest BCUT2D eigenvalue weighted by Gasteiger charge is 2.16. The van der Waals surface area contributed by atoms with Crippen molar-refractivity contribution in [3.05, 3.63) is 66.8 Å². The molecule has 1 atom stereocenters. The minimum Gasteiger partial charge on any atom is -0.384 e.